The molecule has 0 atom stereocenters. The SMILES string of the molecule is NC(=O)c1c(NC(=O)COC(=O)c2ccc3ncsc3c2)sc2c1CCC2. The minimum Gasteiger partial charge on any atom is -0.452 e. The number of fused-ring (bicyclic) bond motifs is 2. The van der Waals surface area contributed by atoms with Gasteiger partial charge in [-0.15, -0.1) is 22.7 Å². The molecule has 2 amide bonds. The number of primary amides is 1. The highest BCUT2D eigenvalue weighted by Gasteiger charge is 2.26. The van der Waals surface area contributed by atoms with E-state index in [1.165, 1.54) is 22.7 Å². The maximum absolute atomic E-state index is 12.2. The molecule has 0 unspecified atom stereocenters. The van der Waals surface area contributed by atoms with Crippen LogP contribution in [-0.4, -0.2) is 29.4 Å². The normalized spacial score (nSPS) is 12.7. The van der Waals surface area contributed by atoms with Crippen LogP contribution in [-0.2, 0) is 22.4 Å². The fourth-order valence-corrected chi connectivity index (χ4v) is 5.14. The summed E-state index contributed by atoms with van der Waals surface area (Å²) < 4.78 is 5.96. The zero-order valence-corrected chi connectivity index (χ0v) is 15.7. The van der Waals surface area contributed by atoms with Crippen molar-refractivity contribution in [3.05, 3.63) is 45.3 Å². The Morgan fingerprint density at radius 1 is 1.26 bits per heavy atom. The number of thiophene rings is 1. The molecule has 3 N–H and O–H groups in total. The topological polar surface area (TPSA) is 111 Å². The number of anilines is 1. The second-order valence-electron chi connectivity index (χ2n) is 6.08. The van der Waals surface area contributed by atoms with E-state index >= 15 is 0 Å². The highest BCUT2D eigenvalue weighted by atomic mass is 32.1. The number of carbonyl (C=O) groups excluding carboxylic acids is 3. The van der Waals surface area contributed by atoms with E-state index in [1.807, 2.05) is 0 Å². The lowest BCUT2D eigenvalue weighted by molar-refractivity contribution is -0.119. The molecule has 9 heteroatoms. The van der Waals surface area contributed by atoms with Crippen LogP contribution in [0.1, 0.15) is 37.6 Å². The summed E-state index contributed by atoms with van der Waals surface area (Å²) in [4.78, 5) is 41.3. The van der Waals surface area contributed by atoms with E-state index < -0.39 is 24.4 Å². The number of benzene rings is 1. The molecule has 0 aliphatic heterocycles. The van der Waals surface area contributed by atoms with E-state index in [0.717, 1.165) is 39.9 Å². The molecule has 0 fully saturated rings. The Labute approximate surface area is 162 Å². The largest absolute Gasteiger partial charge is 0.452 e. The summed E-state index contributed by atoms with van der Waals surface area (Å²) in [7, 11) is 0. The molecular formula is C18H15N3O4S2. The molecule has 0 radical (unpaired) electrons. The number of hydrogen-bond donors (Lipinski definition) is 2. The van der Waals surface area contributed by atoms with E-state index in [-0.39, 0.29) is 0 Å². The van der Waals surface area contributed by atoms with Crippen molar-refractivity contribution in [3.63, 3.8) is 0 Å². The number of aryl methyl sites for hydroxylation is 1. The summed E-state index contributed by atoms with van der Waals surface area (Å²) in [6.07, 6.45) is 2.65. The lowest BCUT2D eigenvalue weighted by Crippen LogP contribution is -2.22. The Morgan fingerprint density at radius 2 is 2.11 bits per heavy atom. The first-order valence-electron chi connectivity index (χ1n) is 8.27. The third-order valence-electron chi connectivity index (χ3n) is 4.32. The lowest BCUT2D eigenvalue weighted by Gasteiger charge is -2.07. The second kappa shape index (κ2) is 7.09. The van der Waals surface area contributed by atoms with Crippen LogP contribution >= 0.6 is 22.7 Å². The summed E-state index contributed by atoms with van der Waals surface area (Å²) >= 11 is 2.78. The van der Waals surface area contributed by atoms with E-state index in [4.69, 9.17) is 10.5 Å². The highest BCUT2D eigenvalue weighted by molar-refractivity contribution is 7.17. The van der Waals surface area contributed by atoms with Crippen molar-refractivity contribution in [2.24, 2.45) is 5.73 Å². The number of carbonyl (C=O) groups is 3. The number of nitrogens with two attached hydrogens (primary N) is 1. The van der Waals surface area contributed by atoms with Crippen LogP contribution in [0.2, 0.25) is 0 Å². The second-order valence-corrected chi connectivity index (χ2v) is 8.08. The first-order valence-corrected chi connectivity index (χ1v) is 9.97. The van der Waals surface area contributed by atoms with Crippen LogP contribution in [0.15, 0.2) is 23.7 Å². The fourth-order valence-electron chi connectivity index (χ4n) is 3.11. The molecule has 2 aromatic heterocycles. The first kappa shape index (κ1) is 17.6. The van der Waals surface area contributed by atoms with Gasteiger partial charge in [-0.25, -0.2) is 9.78 Å². The number of hydrogen-bond acceptors (Lipinski definition) is 7. The highest BCUT2D eigenvalue weighted by Crippen LogP contribution is 2.38. The quantitative estimate of drug-likeness (QED) is 0.639. The van der Waals surface area contributed by atoms with E-state index in [2.05, 4.69) is 10.3 Å². The van der Waals surface area contributed by atoms with E-state index in [1.54, 1.807) is 23.7 Å². The fraction of sp³-hybridized carbons (Fsp3) is 0.222. The van der Waals surface area contributed by atoms with Gasteiger partial charge in [-0.2, -0.15) is 0 Å². The molecule has 0 spiro atoms. The van der Waals surface area contributed by atoms with Gasteiger partial charge in [0.1, 0.15) is 5.00 Å². The van der Waals surface area contributed by atoms with Crippen molar-refractivity contribution in [2.75, 3.05) is 11.9 Å². The molecule has 0 saturated heterocycles. The molecule has 4 rings (SSSR count). The average molecular weight is 401 g/mol. The number of amides is 2. The number of aromatic nitrogens is 1. The molecule has 0 saturated carbocycles. The monoisotopic (exact) mass is 401 g/mol. The summed E-state index contributed by atoms with van der Waals surface area (Å²) in [5.41, 5.74) is 9.63. The van der Waals surface area contributed by atoms with Gasteiger partial charge in [-0.1, -0.05) is 0 Å². The molecule has 7 nitrogen and oxygen atoms in total. The molecule has 1 aliphatic rings. The Hall–Kier alpha value is -2.78. The van der Waals surface area contributed by atoms with Crippen molar-refractivity contribution < 1.29 is 19.1 Å². The summed E-state index contributed by atoms with van der Waals surface area (Å²) in [6, 6.07) is 5.02. The molecule has 2 heterocycles. The predicted octanol–water partition coefficient (Wildman–Crippen LogP) is 2.74. The van der Waals surface area contributed by atoms with Crippen molar-refractivity contribution in [2.45, 2.75) is 19.3 Å². The van der Waals surface area contributed by atoms with Crippen LogP contribution in [0.4, 0.5) is 5.00 Å². The number of esters is 1. The summed E-state index contributed by atoms with van der Waals surface area (Å²) in [5.74, 6) is -1.66. The molecule has 27 heavy (non-hydrogen) atoms. The van der Waals surface area contributed by atoms with Gasteiger partial charge >= 0.3 is 5.97 Å². The number of nitrogens with one attached hydrogen (secondary N) is 1. The molecular weight excluding hydrogens is 386 g/mol. The van der Waals surface area contributed by atoms with Gasteiger partial charge in [-0.05, 0) is 43.0 Å². The van der Waals surface area contributed by atoms with Gasteiger partial charge in [0.05, 0.1) is 26.9 Å². The number of ether oxygens (including phenoxy) is 1. The molecule has 1 aliphatic carbocycles. The van der Waals surface area contributed by atoms with Gasteiger partial charge in [0, 0.05) is 4.88 Å². The number of rotatable bonds is 5. The van der Waals surface area contributed by atoms with Crippen molar-refractivity contribution in [1.29, 1.82) is 0 Å². The Bertz CT molecular complexity index is 1070. The van der Waals surface area contributed by atoms with Gasteiger partial charge in [0.2, 0.25) is 0 Å². The number of thiazole rings is 1. The van der Waals surface area contributed by atoms with Crippen LogP contribution in [0.3, 0.4) is 0 Å². The average Bonchev–Trinajstić information content (AvgIpc) is 3.33. The standard InChI is InChI=1S/C18H15N3O4S2/c19-16(23)15-10-2-1-3-12(10)27-17(15)21-14(22)7-25-18(24)9-4-5-11-13(6-9)26-8-20-11/h4-6,8H,1-3,7H2,(H2,19,23)(H,21,22). The Morgan fingerprint density at radius 3 is 2.93 bits per heavy atom. The molecule has 1 aromatic carbocycles. The van der Waals surface area contributed by atoms with Crippen LogP contribution in [0.25, 0.3) is 10.2 Å². The lowest BCUT2D eigenvalue weighted by atomic mass is 10.1. The van der Waals surface area contributed by atoms with Crippen LogP contribution < -0.4 is 11.1 Å². The van der Waals surface area contributed by atoms with E-state index in [0.29, 0.717) is 16.1 Å². The zero-order chi connectivity index (χ0) is 19.0. The maximum Gasteiger partial charge on any atom is 0.338 e. The first-order chi connectivity index (χ1) is 13.0. The molecule has 138 valence electrons. The third kappa shape index (κ3) is 3.43. The minimum absolute atomic E-state index is 0.354. The number of nitrogens with zero attached hydrogens (tertiary/aromatic N) is 1. The van der Waals surface area contributed by atoms with Crippen LogP contribution in [0, 0.1) is 0 Å². The molecule has 0 bridgehead atoms. The van der Waals surface area contributed by atoms with Gasteiger partial charge in [-0.3, -0.25) is 9.59 Å². The van der Waals surface area contributed by atoms with Gasteiger partial charge in [0.25, 0.3) is 11.8 Å². The third-order valence-corrected chi connectivity index (χ3v) is 6.32. The van der Waals surface area contributed by atoms with Crippen molar-refractivity contribution in [1.82, 2.24) is 4.98 Å². The van der Waals surface area contributed by atoms with Gasteiger partial charge in [0.15, 0.2) is 6.61 Å². The van der Waals surface area contributed by atoms with Gasteiger partial charge < -0.3 is 15.8 Å². The minimum atomic E-state index is -0.593. The molecule has 3 aromatic rings. The smallest absolute Gasteiger partial charge is 0.338 e. The zero-order valence-electron chi connectivity index (χ0n) is 14.1. The Balaban J connectivity index is 1.41. The van der Waals surface area contributed by atoms with E-state index in [9.17, 15) is 14.4 Å². The summed E-state index contributed by atoms with van der Waals surface area (Å²) in [6.45, 7) is -0.444. The summed E-state index contributed by atoms with van der Waals surface area (Å²) in [5, 5.41) is 3.08. The van der Waals surface area contributed by atoms with Crippen molar-refractivity contribution in [3.8, 4) is 0 Å². The predicted molar refractivity (Wildman–Crippen MR) is 103 cm³/mol. The van der Waals surface area contributed by atoms with Crippen molar-refractivity contribution >= 4 is 55.7 Å². The van der Waals surface area contributed by atoms with Crippen LogP contribution in [0.5, 0.6) is 0 Å². The Kier molecular flexibility index (Phi) is 4.63. The maximum atomic E-state index is 12.2.